The van der Waals surface area contributed by atoms with Crippen LogP contribution in [0.2, 0.25) is 0 Å². The van der Waals surface area contributed by atoms with E-state index in [4.69, 9.17) is 0 Å². The first kappa shape index (κ1) is 13.2. The van der Waals surface area contributed by atoms with Crippen molar-refractivity contribution in [2.24, 2.45) is 0 Å². The standard InChI is InChI=1S/C3H6O3S2.K/c1-2-6-3(7)8(4)5;/h2H2,1H3,(H,4,5);/q;+1/p-1. The van der Waals surface area contributed by atoms with Crippen molar-refractivity contribution in [3.05, 3.63) is 0 Å². The molecule has 0 aromatic heterocycles. The molecule has 0 amide bonds. The van der Waals surface area contributed by atoms with Gasteiger partial charge in [0.25, 0.3) is 0 Å². The van der Waals surface area contributed by atoms with Crippen molar-refractivity contribution in [2.75, 3.05) is 6.61 Å². The van der Waals surface area contributed by atoms with E-state index in [-0.39, 0.29) is 55.8 Å². The van der Waals surface area contributed by atoms with E-state index in [0.717, 1.165) is 0 Å². The van der Waals surface area contributed by atoms with Crippen LogP contribution < -0.4 is 51.4 Å². The number of thiocarbonyl (C=S) groups is 1. The van der Waals surface area contributed by atoms with Crippen LogP contribution in [0.15, 0.2) is 0 Å². The van der Waals surface area contributed by atoms with E-state index >= 15 is 0 Å². The fourth-order valence-electron chi connectivity index (χ4n) is 0.166. The molecule has 0 N–H and O–H groups in total. The van der Waals surface area contributed by atoms with Crippen molar-refractivity contribution in [1.82, 2.24) is 0 Å². The van der Waals surface area contributed by atoms with Gasteiger partial charge in [-0.15, -0.1) is 0 Å². The van der Waals surface area contributed by atoms with Crippen molar-refractivity contribution in [3.8, 4) is 0 Å². The molecule has 48 valence electrons. The fraction of sp³-hybridized carbons (Fsp3) is 0.667. The number of hydrogen-bond donors (Lipinski definition) is 0. The Morgan fingerprint density at radius 3 is 2.44 bits per heavy atom. The summed E-state index contributed by atoms with van der Waals surface area (Å²) in [7, 11) is 0. The van der Waals surface area contributed by atoms with E-state index in [1.54, 1.807) is 6.92 Å². The van der Waals surface area contributed by atoms with Crippen LogP contribution in [0.25, 0.3) is 0 Å². The van der Waals surface area contributed by atoms with E-state index in [9.17, 15) is 8.76 Å². The zero-order chi connectivity index (χ0) is 6.57. The van der Waals surface area contributed by atoms with Gasteiger partial charge >= 0.3 is 51.4 Å². The molecule has 0 heterocycles. The van der Waals surface area contributed by atoms with Crippen molar-refractivity contribution in [1.29, 1.82) is 0 Å². The van der Waals surface area contributed by atoms with Gasteiger partial charge in [-0.1, -0.05) is 0 Å². The molecule has 0 fully saturated rings. The summed E-state index contributed by atoms with van der Waals surface area (Å²) in [6.07, 6.45) is 0. The van der Waals surface area contributed by atoms with Gasteiger partial charge in [0, 0.05) is 11.1 Å². The van der Waals surface area contributed by atoms with Crippen LogP contribution in [0.4, 0.5) is 0 Å². The molecule has 0 aliphatic heterocycles. The van der Waals surface area contributed by atoms with E-state index in [2.05, 4.69) is 17.0 Å². The van der Waals surface area contributed by atoms with Crippen LogP contribution in [0.3, 0.4) is 0 Å². The third-order valence-electron chi connectivity index (χ3n) is 0.398. The SMILES string of the molecule is CCOC(=S)S(=O)[O-].[K+]. The average Bonchev–Trinajstić information content (AvgIpc) is 1.67. The van der Waals surface area contributed by atoms with E-state index in [0.29, 0.717) is 6.61 Å². The average molecular weight is 192 g/mol. The molecule has 0 aromatic rings. The summed E-state index contributed by atoms with van der Waals surface area (Å²) in [6.45, 7) is 1.96. The van der Waals surface area contributed by atoms with Crippen molar-refractivity contribution in [3.63, 3.8) is 0 Å². The number of ether oxygens (including phenoxy) is 1. The monoisotopic (exact) mass is 192 g/mol. The Kier molecular flexibility index (Phi) is 11.4. The Labute approximate surface area is 104 Å². The molecule has 0 saturated carbocycles. The predicted molar refractivity (Wildman–Crippen MR) is 33.1 cm³/mol. The molecule has 0 rings (SSSR count). The second-order valence-electron chi connectivity index (χ2n) is 0.918. The molecule has 0 saturated heterocycles. The van der Waals surface area contributed by atoms with Gasteiger partial charge in [0.1, 0.15) is 0 Å². The maximum absolute atomic E-state index is 9.82. The first-order valence-electron chi connectivity index (χ1n) is 1.94. The van der Waals surface area contributed by atoms with Crippen LogP contribution in [-0.4, -0.2) is 19.8 Å². The quantitative estimate of drug-likeness (QED) is 0.256. The fourth-order valence-corrected chi connectivity index (χ4v) is 0.498. The molecule has 3 nitrogen and oxygen atoms in total. The molecule has 1 atom stereocenters. The summed E-state index contributed by atoms with van der Waals surface area (Å²) >= 11 is 1.89. The molecule has 0 aromatic carbocycles. The Balaban J connectivity index is 0. The van der Waals surface area contributed by atoms with Gasteiger partial charge in [-0.3, -0.25) is 4.21 Å². The van der Waals surface area contributed by atoms with Crippen LogP contribution in [0.5, 0.6) is 0 Å². The largest absolute Gasteiger partial charge is 1.00 e. The minimum absolute atomic E-state index is 0. The molecule has 0 radical (unpaired) electrons. The topological polar surface area (TPSA) is 49.4 Å². The van der Waals surface area contributed by atoms with E-state index < -0.39 is 11.1 Å². The minimum atomic E-state index is -2.35. The van der Waals surface area contributed by atoms with E-state index in [1.807, 2.05) is 0 Å². The molecular weight excluding hydrogens is 187 g/mol. The minimum Gasteiger partial charge on any atom is -0.765 e. The maximum Gasteiger partial charge on any atom is 1.00 e. The predicted octanol–water partition coefficient (Wildman–Crippen LogP) is -2.81. The molecule has 0 aliphatic rings. The van der Waals surface area contributed by atoms with Crippen LogP contribution in [0.1, 0.15) is 6.92 Å². The zero-order valence-electron chi connectivity index (χ0n) is 5.25. The molecule has 0 aliphatic carbocycles. The third kappa shape index (κ3) is 7.53. The number of hydrogen-bond acceptors (Lipinski definition) is 4. The maximum atomic E-state index is 9.82. The molecular formula is C3H5KO3S2. The van der Waals surface area contributed by atoms with Gasteiger partial charge in [0.15, 0.2) is 0 Å². The van der Waals surface area contributed by atoms with E-state index in [1.165, 1.54) is 0 Å². The molecule has 1 unspecified atom stereocenters. The summed E-state index contributed by atoms with van der Waals surface area (Å²) in [5.74, 6) is 0. The summed E-state index contributed by atoms with van der Waals surface area (Å²) in [5, 5.41) is 0. The Morgan fingerprint density at radius 2 is 2.33 bits per heavy atom. The first-order chi connectivity index (χ1) is 3.68. The van der Waals surface area contributed by atoms with Gasteiger partial charge in [-0.2, -0.15) is 0 Å². The normalized spacial score (nSPS) is 11.3. The Bertz CT molecular complexity index is 116. The molecule has 0 bridgehead atoms. The number of rotatable bonds is 1. The van der Waals surface area contributed by atoms with Gasteiger partial charge < -0.3 is 9.29 Å². The van der Waals surface area contributed by atoms with Crippen molar-refractivity contribution >= 4 is 27.7 Å². The van der Waals surface area contributed by atoms with Crippen molar-refractivity contribution in [2.45, 2.75) is 6.92 Å². The first-order valence-corrected chi connectivity index (χ1v) is 3.42. The second kappa shape index (κ2) is 7.74. The third-order valence-corrected chi connectivity index (χ3v) is 1.31. The Morgan fingerprint density at radius 1 is 1.89 bits per heavy atom. The zero-order valence-corrected chi connectivity index (χ0v) is 10.0. The van der Waals surface area contributed by atoms with Gasteiger partial charge in [0.05, 0.1) is 6.61 Å². The summed E-state index contributed by atoms with van der Waals surface area (Å²) in [6, 6.07) is 0. The van der Waals surface area contributed by atoms with Crippen LogP contribution in [0, 0.1) is 0 Å². The van der Waals surface area contributed by atoms with Gasteiger partial charge in [-0.05, 0) is 19.1 Å². The summed E-state index contributed by atoms with van der Waals surface area (Å²) < 4.78 is 23.7. The Hall–Kier alpha value is 1.64. The van der Waals surface area contributed by atoms with Gasteiger partial charge in [-0.25, -0.2) is 0 Å². The molecule has 9 heavy (non-hydrogen) atoms. The summed E-state index contributed by atoms with van der Waals surface area (Å²) in [5.41, 5.74) is 0. The van der Waals surface area contributed by atoms with Crippen LogP contribution in [-0.2, 0) is 15.8 Å². The van der Waals surface area contributed by atoms with Crippen molar-refractivity contribution < 1.29 is 64.9 Å². The molecule has 6 heteroatoms. The summed E-state index contributed by atoms with van der Waals surface area (Å²) in [4.78, 5) is 0. The van der Waals surface area contributed by atoms with Crippen LogP contribution >= 0.6 is 12.2 Å². The second-order valence-corrected chi connectivity index (χ2v) is 2.39. The smallest absolute Gasteiger partial charge is 0.765 e. The van der Waals surface area contributed by atoms with Gasteiger partial charge in [0.2, 0.25) is 4.38 Å². The molecule has 0 spiro atoms.